The lowest BCUT2D eigenvalue weighted by atomic mass is 9.73. The Hall–Kier alpha value is -2.41. The van der Waals surface area contributed by atoms with Gasteiger partial charge in [-0.15, -0.1) is 0 Å². The van der Waals surface area contributed by atoms with E-state index in [0.29, 0.717) is 6.61 Å². The van der Waals surface area contributed by atoms with Crippen LogP contribution in [0.25, 0.3) is 0 Å². The van der Waals surface area contributed by atoms with Crippen molar-refractivity contribution in [3.05, 3.63) is 30.3 Å². The van der Waals surface area contributed by atoms with Crippen LogP contribution in [0.2, 0.25) is 0 Å². The van der Waals surface area contributed by atoms with Gasteiger partial charge in [-0.05, 0) is 72.9 Å². The largest absolute Gasteiger partial charge is 0.459 e. The molecule has 18 atom stereocenters. The number of sulfonamides is 1. The summed E-state index contributed by atoms with van der Waals surface area (Å²) in [5.74, 6) is -4.66. The van der Waals surface area contributed by atoms with E-state index in [2.05, 4.69) is 9.88 Å². The second-order valence-electron chi connectivity index (χ2n) is 18.7. The molecule has 3 aliphatic heterocycles. The lowest BCUT2D eigenvalue weighted by Crippen LogP contribution is -2.61. The topological polar surface area (TPSA) is 260 Å². The van der Waals surface area contributed by atoms with Crippen molar-refractivity contribution in [1.29, 1.82) is 0 Å². The molecule has 0 saturated carbocycles. The Morgan fingerprint density at radius 3 is 2.17 bits per heavy atom. The molecule has 0 radical (unpaired) electrons. The van der Waals surface area contributed by atoms with Crippen LogP contribution in [0.15, 0.2) is 40.4 Å². The summed E-state index contributed by atoms with van der Waals surface area (Å²) in [4.78, 5) is 20.0. The summed E-state index contributed by atoms with van der Waals surface area (Å²) < 4.78 is 77.7. The Bertz CT molecular complexity index is 1790. The Morgan fingerprint density at radius 2 is 1.55 bits per heavy atom. The van der Waals surface area contributed by atoms with Gasteiger partial charge in [-0.2, -0.15) is 0 Å². The first-order valence-electron chi connectivity index (χ1n) is 22.5. The van der Waals surface area contributed by atoms with Crippen LogP contribution in [-0.4, -0.2) is 164 Å². The number of rotatable bonds is 15. The molecular formula is C45H76N2O17S. The van der Waals surface area contributed by atoms with E-state index in [1.165, 1.54) is 40.2 Å². The molecule has 3 heterocycles. The van der Waals surface area contributed by atoms with Crippen LogP contribution in [0.4, 0.5) is 0 Å². The highest BCUT2D eigenvalue weighted by Gasteiger charge is 2.53. The number of carbonyl (C=O) groups is 1. The van der Waals surface area contributed by atoms with E-state index in [1.54, 1.807) is 73.6 Å². The minimum atomic E-state index is -4.11. The van der Waals surface area contributed by atoms with E-state index in [0.717, 1.165) is 0 Å². The van der Waals surface area contributed by atoms with Crippen molar-refractivity contribution in [2.75, 3.05) is 34.2 Å². The molecule has 2 unspecified atom stereocenters. The third-order valence-corrected chi connectivity index (χ3v) is 14.8. The van der Waals surface area contributed by atoms with E-state index in [1.807, 2.05) is 0 Å². The van der Waals surface area contributed by atoms with Gasteiger partial charge in [0, 0.05) is 38.4 Å². The average molecular weight is 949 g/mol. The first kappa shape index (κ1) is 55.2. The van der Waals surface area contributed by atoms with Crippen LogP contribution in [-0.2, 0) is 57.6 Å². The van der Waals surface area contributed by atoms with Crippen LogP contribution in [0.3, 0.4) is 0 Å². The molecule has 0 aliphatic carbocycles. The van der Waals surface area contributed by atoms with Crippen LogP contribution in [0.1, 0.15) is 94.9 Å². The van der Waals surface area contributed by atoms with Gasteiger partial charge in [-0.3, -0.25) is 4.79 Å². The molecule has 1 aromatic carbocycles. The second-order valence-corrected chi connectivity index (χ2v) is 20.5. The summed E-state index contributed by atoms with van der Waals surface area (Å²) in [5, 5.41) is 64.1. The highest BCUT2D eigenvalue weighted by molar-refractivity contribution is 7.89. The zero-order valence-corrected chi connectivity index (χ0v) is 40.8. The van der Waals surface area contributed by atoms with Gasteiger partial charge in [-0.1, -0.05) is 51.0 Å². The van der Waals surface area contributed by atoms with Crippen molar-refractivity contribution < 1.29 is 81.5 Å². The van der Waals surface area contributed by atoms with Gasteiger partial charge < -0.3 is 68.3 Å². The molecule has 4 rings (SSSR count). The number of nitrogens with zero attached hydrogens (tertiary/aromatic N) is 1. The van der Waals surface area contributed by atoms with Gasteiger partial charge in [-0.25, -0.2) is 13.1 Å². The van der Waals surface area contributed by atoms with Crippen molar-refractivity contribution in [3.8, 4) is 0 Å². The maximum Gasteiger partial charge on any atom is 0.311 e. The molecule has 0 bridgehead atoms. The van der Waals surface area contributed by atoms with E-state index >= 15 is 0 Å². The molecule has 6 N–H and O–H groups in total. The minimum absolute atomic E-state index is 0.00764. The third-order valence-electron chi connectivity index (χ3n) is 13.3. The van der Waals surface area contributed by atoms with Gasteiger partial charge in [0.15, 0.2) is 12.6 Å². The van der Waals surface area contributed by atoms with Crippen molar-refractivity contribution in [1.82, 2.24) is 4.72 Å². The normalized spacial score (nSPS) is 42.3. The highest BCUT2D eigenvalue weighted by atomic mass is 32.2. The summed E-state index contributed by atoms with van der Waals surface area (Å²) in [6.45, 7) is 16.5. The fourth-order valence-corrected chi connectivity index (χ4v) is 10.7. The molecule has 3 saturated heterocycles. The molecule has 65 heavy (non-hydrogen) atoms. The van der Waals surface area contributed by atoms with Gasteiger partial charge in [0.05, 0.1) is 77.5 Å². The third kappa shape index (κ3) is 13.4. The number of ether oxygens (including phenoxy) is 8. The molecule has 19 nitrogen and oxygen atoms in total. The number of hydrogen-bond acceptors (Lipinski definition) is 18. The molecule has 0 aromatic heterocycles. The predicted molar refractivity (Wildman–Crippen MR) is 236 cm³/mol. The number of esters is 1. The molecular weight excluding hydrogens is 873 g/mol. The molecule has 20 heteroatoms. The number of benzene rings is 1. The van der Waals surface area contributed by atoms with Crippen molar-refractivity contribution in [2.45, 2.75) is 184 Å². The Labute approximate surface area is 384 Å². The fraction of sp³-hybridized carbons (Fsp3) is 0.822. The summed E-state index contributed by atoms with van der Waals surface area (Å²) in [5.41, 5.74) is -4.86. The van der Waals surface area contributed by atoms with Gasteiger partial charge in [0.1, 0.15) is 23.9 Å². The van der Waals surface area contributed by atoms with E-state index in [4.69, 9.17) is 42.7 Å². The quantitative estimate of drug-likeness (QED) is 0.0639. The summed E-state index contributed by atoms with van der Waals surface area (Å²) >= 11 is 0. The zero-order chi connectivity index (χ0) is 48.7. The van der Waals surface area contributed by atoms with Crippen molar-refractivity contribution in [2.24, 2.45) is 28.8 Å². The minimum Gasteiger partial charge on any atom is -0.459 e. The smallest absolute Gasteiger partial charge is 0.311 e. The zero-order valence-electron chi connectivity index (χ0n) is 40.0. The number of oxime groups is 1. The number of cyclic esters (lactones) is 1. The summed E-state index contributed by atoms with van der Waals surface area (Å²) in [6.07, 6.45) is -12.0. The van der Waals surface area contributed by atoms with Crippen LogP contribution in [0, 0.1) is 23.7 Å². The van der Waals surface area contributed by atoms with Gasteiger partial charge in [0.25, 0.3) is 0 Å². The number of aliphatic hydroxyl groups excluding tert-OH is 3. The molecule has 1 aromatic rings. The van der Waals surface area contributed by atoms with Crippen molar-refractivity contribution in [3.63, 3.8) is 0 Å². The Kier molecular flexibility index (Phi) is 19.8. The Morgan fingerprint density at radius 1 is 0.892 bits per heavy atom. The van der Waals surface area contributed by atoms with Crippen molar-refractivity contribution >= 4 is 21.7 Å². The van der Waals surface area contributed by atoms with E-state index in [-0.39, 0.29) is 49.7 Å². The van der Waals surface area contributed by atoms with Gasteiger partial charge in [0.2, 0.25) is 16.8 Å². The average Bonchev–Trinajstić information content (AvgIpc) is 3.25. The molecule has 3 aliphatic rings. The van der Waals surface area contributed by atoms with Gasteiger partial charge >= 0.3 is 5.97 Å². The first-order chi connectivity index (χ1) is 30.3. The number of aliphatic hydroxyl groups is 5. The molecule has 374 valence electrons. The molecule has 3 fully saturated rings. The maximum absolute atomic E-state index is 14.4. The molecule has 0 spiro atoms. The standard InChI is InChI=1S/C45H76N2O17S/c1-13-33-45(10,53)38(49)27(4)35(46-59-24-58-20-19-56-11)25(2)22-43(8,52)40(64-42-36(48)32(21-26(3)60-42)47-65(54,55)31-17-15-14-16-18-31)28(5)37(29(6)41(51)62-33)63-34-23-44(9,57-12)39(50)30(7)61-34/h14-18,25-30,32-34,36-40,42,47-50,52-53H,13,19-24H2,1-12H3/b46-35+/t25-,26-,27+,28+,29-,30+,32+,33?,34+,36-,37?,38+,39+,40-,42+,43-,44-,45-/m1/s1. The summed E-state index contributed by atoms with van der Waals surface area (Å²) in [6, 6.07) is 6.62. The van der Waals surface area contributed by atoms with E-state index < -0.39 is 124 Å². The second kappa shape index (κ2) is 23.3. The predicted octanol–water partition coefficient (Wildman–Crippen LogP) is 2.63. The molecule has 0 amide bonds. The lowest BCUT2D eigenvalue weighted by molar-refractivity contribution is -0.315. The fourth-order valence-electron chi connectivity index (χ4n) is 9.43. The van der Waals surface area contributed by atoms with Crippen LogP contribution < -0.4 is 4.72 Å². The Balaban J connectivity index is 1.85. The number of nitrogens with one attached hydrogen (secondary N) is 1. The first-order valence-corrected chi connectivity index (χ1v) is 24.0. The monoisotopic (exact) mass is 948 g/mol. The van der Waals surface area contributed by atoms with Crippen LogP contribution in [0.5, 0.6) is 0 Å². The highest BCUT2D eigenvalue weighted by Crippen LogP contribution is 2.41. The number of methoxy groups -OCH3 is 2. The SMILES string of the molecule is CCC1OC(=O)[C@H](C)C(O[C@H]2C[C@@](C)(OC)[C@@H](O)[C@H](C)O2)[C@H](C)[C@@H](O[C@@H]2O[C@H](C)C[C@H](NS(=O)(=O)c3ccccc3)[C@H]2O)[C@](C)(O)C[C@@H](C)/C(=N\OCOCCOC)[C@H](C)[C@H](O)[C@]1(C)O. The lowest BCUT2D eigenvalue weighted by Gasteiger charge is -2.49. The maximum atomic E-state index is 14.4. The van der Waals surface area contributed by atoms with Crippen LogP contribution >= 0.6 is 0 Å². The number of carbonyl (C=O) groups excluding carboxylic acids is 1. The number of hydrogen-bond donors (Lipinski definition) is 6. The summed E-state index contributed by atoms with van der Waals surface area (Å²) in [7, 11) is -1.13. The van der Waals surface area contributed by atoms with E-state index in [9.17, 15) is 38.7 Å².